The Morgan fingerprint density at radius 3 is 2.59 bits per heavy atom. The molecular weight excluding hydrogens is 451 g/mol. The van der Waals surface area contributed by atoms with Crippen molar-refractivity contribution < 1.29 is 18.7 Å². The van der Waals surface area contributed by atoms with E-state index in [-0.39, 0.29) is 30.4 Å². The average molecular weight is 481 g/mol. The topological polar surface area (TPSA) is 49.9 Å². The van der Waals surface area contributed by atoms with Crippen LogP contribution in [0.2, 0.25) is 0 Å². The van der Waals surface area contributed by atoms with Gasteiger partial charge >= 0.3 is 0 Å². The summed E-state index contributed by atoms with van der Waals surface area (Å²) in [5.41, 5.74) is 1.48. The molecule has 2 atom stereocenters. The summed E-state index contributed by atoms with van der Waals surface area (Å²) < 4.78 is 19.4. The number of benzene rings is 2. The smallest absolute Gasteiger partial charge is 0.254 e. The monoisotopic (exact) mass is 480 g/mol. The van der Waals surface area contributed by atoms with Crippen LogP contribution in [-0.2, 0) is 11.2 Å². The van der Waals surface area contributed by atoms with E-state index in [2.05, 4.69) is 11.4 Å². The maximum absolute atomic E-state index is 13.6. The summed E-state index contributed by atoms with van der Waals surface area (Å²) in [4.78, 5) is 31.5. The molecule has 1 aromatic heterocycles. The third kappa shape index (κ3) is 5.30. The first kappa shape index (κ1) is 24.0. The molecule has 2 aromatic carbocycles. The second-order valence-corrected chi connectivity index (χ2v) is 9.47. The minimum Gasteiger partial charge on any atom is -0.491 e. The Labute approximate surface area is 203 Å². The number of halogens is 1. The molecule has 0 bridgehead atoms. The normalized spacial score (nSPS) is 16.0. The zero-order chi connectivity index (χ0) is 24.1. The molecule has 0 saturated heterocycles. The molecule has 0 spiro atoms. The van der Waals surface area contributed by atoms with Crippen molar-refractivity contribution in [1.82, 2.24) is 9.80 Å². The van der Waals surface area contributed by atoms with Crippen molar-refractivity contribution in [3.05, 3.63) is 87.9 Å². The second-order valence-electron chi connectivity index (χ2n) is 8.47. The van der Waals surface area contributed by atoms with E-state index >= 15 is 0 Å². The van der Waals surface area contributed by atoms with Crippen LogP contribution < -0.4 is 4.74 Å². The second kappa shape index (κ2) is 10.8. The van der Waals surface area contributed by atoms with Crippen LogP contribution >= 0.6 is 11.3 Å². The molecule has 0 fully saturated rings. The van der Waals surface area contributed by atoms with Crippen molar-refractivity contribution in [1.29, 1.82) is 0 Å². The standard InChI is InChI=1S/C27H29FN2O3S/c1-3-19(2)30(27(32)20-9-11-21(28)12-10-20)17-26(31)29-15-13-25-23(14-16-34-25)24(29)18-33-22-7-5-4-6-8-22/h4-12,14,16,19,24H,3,13,15,17-18H2,1-2H3/t19-,24+/m1/s1. The van der Waals surface area contributed by atoms with E-state index in [9.17, 15) is 14.0 Å². The summed E-state index contributed by atoms with van der Waals surface area (Å²) in [5.74, 6) is -0.0314. The fraction of sp³-hybridized carbons (Fsp3) is 0.333. The zero-order valence-electron chi connectivity index (χ0n) is 19.4. The van der Waals surface area contributed by atoms with E-state index in [4.69, 9.17) is 4.74 Å². The summed E-state index contributed by atoms with van der Waals surface area (Å²) in [7, 11) is 0. The molecule has 34 heavy (non-hydrogen) atoms. The lowest BCUT2D eigenvalue weighted by molar-refractivity contribution is -0.136. The SMILES string of the molecule is CC[C@@H](C)N(CC(=O)N1CCc2sccc2[C@@H]1COc1ccccc1)C(=O)c1ccc(F)cc1. The van der Waals surface area contributed by atoms with Gasteiger partial charge in [0.25, 0.3) is 5.91 Å². The molecule has 0 radical (unpaired) electrons. The van der Waals surface area contributed by atoms with Crippen LogP contribution in [0.4, 0.5) is 4.39 Å². The third-order valence-corrected chi connectivity index (χ3v) is 7.34. The minimum absolute atomic E-state index is 0.0352. The third-order valence-electron chi connectivity index (χ3n) is 6.35. The summed E-state index contributed by atoms with van der Waals surface area (Å²) in [6.07, 6.45) is 1.49. The molecule has 1 aliphatic rings. The zero-order valence-corrected chi connectivity index (χ0v) is 20.3. The first-order valence-electron chi connectivity index (χ1n) is 11.6. The Kier molecular flexibility index (Phi) is 7.63. The van der Waals surface area contributed by atoms with Gasteiger partial charge in [0.15, 0.2) is 0 Å². The Bertz CT molecular complexity index is 1120. The van der Waals surface area contributed by atoms with E-state index in [1.165, 1.54) is 29.1 Å². The molecule has 0 N–H and O–H groups in total. The molecule has 7 heteroatoms. The van der Waals surface area contributed by atoms with Crippen LogP contribution in [0.1, 0.15) is 47.1 Å². The predicted octanol–water partition coefficient (Wildman–Crippen LogP) is 5.33. The lowest BCUT2D eigenvalue weighted by Gasteiger charge is -2.38. The van der Waals surface area contributed by atoms with Crippen molar-refractivity contribution in [2.45, 2.75) is 38.8 Å². The Morgan fingerprint density at radius 2 is 1.88 bits per heavy atom. The summed E-state index contributed by atoms with van der Waals surface area (Å²) >= 11 is 1.70. The van der Waals surface area contributed by atoms with Gasteiger partial charge in [0.2, 0.25) is 5.91 Å². The summed E-state index contributed by atoms with van der Waals surface area (Å²) in [6, 6.07) is 16.7. The predicted molar refractivity (Wildman–Crippen MR) is 132 cm³/mol. The van der Waals surface area contributed by atoms with E-state index in [1.807, 2.05) is 49.1 Å². The number of nitrogens with zero attached hydrogens (tertiary/aromatic N) is 2. The number of thiophene rings is 1. The van der Waals surface area contributed by atoms with E-state index in [0.717, 1.165) is 17.7 Å². The van der Waals surface area contributed by atoms with Crippen LogP contribution in [0.25, 0.3) is 0 Å². The molecular formula is C27H29FN2O3S. The molecule has 5 nitrogen and oxygen atoms in total. The summed E-state index contributed by atoms with van der Waals surface area (Å²) in [6.45, 7) is 4.79. The lowest BCUT2D eigenvalue weighted by atomic mass is 10.00. The van der Waals surface area contributed by atoms with Gasteiger partial charge in [0.05, 0.1) is 6.04 Å². The van der Waals surface area contributed by atoms with Gasteiger partial charge in [-0.3, -0.25) is 9.59 Å². The first-order chi connectivity index (χ1) is 16.5. The highest BCUT2D eigenvalue weighted by molar-refractivity contribution is 7.10. The van der Waals surface area contributed by atoms with Gasteiger partial charge in [-0.1, -0.05) is 25.1 Å². The first-order valence-corrected chi connectivity index (χ1v) is 12.5. The molecule has 1 aliphatic heterocycles. The number of carbonyl (C=O) groups is 2. The van der Waals surface area contributed by atoms with E-state index < -0.39 is 5.82 Å². The molecule has 2 heterocycles. The summed E-state index contributed by atoms with van der Waals surface area (Å²) in [5, 5.41) is 2.05. The van der Waals surface area contributed by atoms with Gasteiger partial charge in [-0.25, -0.2) is 4.39 Å². The number of carbonyl (C=O) groups excluding carboxylic acids is 2. The molecule has 0 saturated carbocycles. The van der Waals surface area contributed by atoms with Gasteiger partial charge in [-0.15, -0.1) is 11.3 Å². The van der Waals surface area contributed by atoms with Crippen molar-refractivity contribution in [3.63, 3.8) is 0 Å². The Hall–Kier alpha value is -3.19. The van der Waals surface area contributed by atoms with Gasteiger partial charge in [-0.2, -0.15) is 0 Å². The maximum atomic E-state index is 13.6. The van der Waals surface area contributed by atoms with Gasteiger partial charge in [0, 0.05) is 23.0 Å². The fourth-order valence-electron chi connectivity index (χ4n) is 4.21. The van der Waals surface area contributed by atoms with Crippen molar-refractivity contribution in [2.24, 2.45) is 0 Å². The number of ether oxygens (including phenoxy) is 1. The highest BCUT2D eigenvalue weighted by Gasteiger charge is 2.34. The number of para-hydroxylation sites is 1. The molecule has 2 amide bonds. The number of amides is 2. The maximum Gasteiger partial charge on any atom is 0.254 e. The van der Waals surface area contributed by atoms with Crippen LogP contribution in [0, 0.1) is 5.82 Å². The minimum atomic E-state index is -0.399. The van der Waals surface area contributed by atoms with Crippen LogP contribution in [0.5, 0.6) is 5.75 Å². The number of hydrogen-bond donors (Lipinski definition) is 0. The van der Waals surface area contributed by atoms with Crippen molar-refractivity contribution in [2.75, 3.05) is 19.7 Å². The Balaban J connectivity index is 1.54. The fourth-order valence-corrected chi connectivity index (χ4v) is 5.14. The van der Waals surface area contributed by atoms with Gasteiger partial charge in [-0.05, 0) is 73.2 Å². The molecule has 0 aliphatic carbocycles. The lowest BCUT2D eigenvalue weighted by Crippen LogP contribution is -2.49. The molecule has 0 unspecified atom stereocenters. The van der Waals surface area contributed by atoms with Crippen molar-refractivity contribution >= 4 is 23.2 Å². The van der Waals surface area contributed by atoms with E-state index in [0.29, 0.717) is 25.1 Å². The number of rotatable bonds is 8. The van der Waals surface area contributed by atoms with Crippen molar-refractivity contribution in [3.8, 4) is 5.75 Å². The Morgan fingerprint density at radius 1 is 1.15 bits per heavy atom. The molecule has 178 valence electrons. The molecule has 4 rings (SSSR count). The van der Waals surface area contributed by atoms with Gasteiger partial charge < -0.3 is 14.5 Å². The largest absolute Gasteiger partial charge is 0.491 e. The van der Waals surface area contributed by atoms with Crippen LogP contribution in [0.15, 0.2) is 66.0 Å². The average Bonchev–Trinajstić information content (AvgIpc) is 3.35. The van der Waals surface area contributed by atoms with Crippen LogP contribution in [0.3, 0.4) is 0 Å². The highest BCUT2D eigenvalue weighted by atomic mass is 32.1. The number of fused-ring (bicyclic) bond motifs is 1. The molecule has 3 aromatic rings. The van der Waals surface area contributed by atoms with Crippen LogP contribution in [-0.4, -0.2) is 47.4 Å². The highest BCUT2D eigenvalue weighted by Crippen LogP contribution is 2.34. The van der Waals surface area contributed by atoms with Gasteiger partial charge in [0.1, 0.15) is 24.7 Å². The quantitative estimate of drug-likeness (QED) is 0.438. The number of hydrogen-bond acceptors (Lipinski definition) is 4. The van der Waals surface area contributed by atoms with E-state index in [1.54, 1.807) is 16.2 Å².